The molecule has 0 saturated heterocycles. The van der Waals surface area contributed by atoms with Crippen LogP contribution in [0.1, 0.15) is 65.7 Å². The van der Waals surface area contributed by atoms with Gasteiger partial charge >= 0.3 is 0 Å². The van der Waals surface area contributed by atoms with E-state index in [4.69, 9.17) is 5.73 Å². The molecule has 2 atom stereocenters. The molecule has 0 spiro atoms. The van der Waals surface area contributed by atoms with E-state index >= 15 is 0 Å². The van der Waals surface area contributed by atoms with Crippen molar-refractivity contribution in [1.29, 1.82) is 0 Å². The van der Waals surface area contributed by atoms with Gasteiger partial charge in [-0.15, -0.1) is 0 Å². The van der Waals surface area contributed by atoms with Gasteiger partial charge in [0.15, 0.2) is 0 Å². The van der Waals surface area contributed by atoms with Gasteiger partial charge in [-0.25, -0.2) is 0 Å². The summed E-state index contributed by atoms with van der Waals surface area (Å²) in [4.78, 5) is 2.73. The van der Waals surface area contributed by atoms with Crippen LogP contribution in [-0.2, 0) is 0 Å². The smallest absolute Gasteiger partial charge is 0.0255 e. The Labute approximate surface area is 107 Å². The van der Waals surface area contributed by atoms with Crippen molar-refractivity contribution in [3.8, 4) is 0 Å². The fourth-order valence-corrected chi connectivity index (χ4v) is 4.01. The first-order valence-electron chi connectivity index (χ1n) is 7.57. The van der Waals surface area contributed by atoms with Gasteiger partial charge in [0.2, 0.25) is 0 Å². The summed E-state index contributed by atoms with van der Waals surface area (Å²) in [7, 11) is 0. The molecule has 2 aliphatic rings. The van der Waals surface area contributed by atoms with E-state index in [1.807, 2.05) is 0 Å². The van der Waals surface area contributed by atoms with E-state index < -0.39 is 0 Å². The fraction of sp³-hybridized carbons (Fsp3) is 1.00. The Morgan fingerprint density at radius 1 is 1.12 bits per heavy atom. The summed E-state index contributed by atoms with van der Waals surface area (Å²) >= 11 is 0. The SMILES string of the molecule is CCN(C1CCCC1)C1CCCC(C)(C)C1N. The number of nitrogens with two attached hydrogens (primary N) is 1. The Balaban J connectivity index is 2.07. The average molecular weight is 238 g/mol. The summed E-state index contributed by atoms with van der Waals surface area (Å²) in [5, 5.41) is 0. The molecule has 2 saturated carbocycles. The zero-order chi connectivity index (χ0) is 12.5. The van der Waals surface area contributed by atoms with Crippen LogP contribution in [0.25, 0.3) is 0 Å². The maximum Gasteiger partial charge on any atom is 0.0255 e. The summed E-state index contributed by atoms with van der Waals surface area (Å²) in [6.45, 7) is 8.20. The third-order valence-electron chi connectivity index (χ3n) is 5.22. The first-order chi connectivity index (χ1) is 8.06. The molecule has 0 aromatic rings. The molecule has 0 heterocycles. The van der Waals surface area contributed by atoms with Gasteiger partial charge in [0.1, 0.15) is 0 Å². The summed E-state index contributed by atoms with van der Waals surface area (Å²) in [6.07, 6.45) is 9.62. The van der Waals surface area contributed by atoms with Crippen molar-refractivity contribution in [2.45, 2.75) is 83.8 Å². The lowest BCUT2D eigenvalue weighted by Crippen LogP contribution is -2.58. The highest BCUT2D eigenvalue weighted by atomic mass is 15.2. The third-order valence-corrected chi connectivity index (χ3v) is 5.22. The molecule has 0 radical (unpaired) electrons. The second kappa shape index (κ2) is 5.27. The van der Waals surface area contributed by atoms with Gasteiger partial charge in [0, 0.05) is 18.1 Å². The molecule has 0 aromatic heterocycles. The first-order valence-corrected chi connectivity index (χ1v) is 7.57. The Kier molecular flexibility index (Phi) is 4.14. The summed E-state index contributed by atoms with van der Waals surface area (Å²) < 4.78 is 0. The Hall–Kier alpha value is -0.0800. The Morgan fingerprint density at radius 3 is 2.35 bits per heavy atom. The van der Waals surface area contributed by atoms with Crippen molar-refractivity contribution in [3.63, 3.8) is 0 Å². The van der Waals surface area contributed by atoms with Crippen LogP contribution in [0.3, 0.4) is 0 Å². The zero-order valence-electron chi connectivity index (χ0n) is 11.9. The molecule has 17 heavy (non-hydrogen) atoms. The van der Waals surface area contributed by atoms with Gasteiger partial charge in [-0.1, -0.05) is 40.0 Å². The van der Waals surface area contributed by atoms with E-state index in [2.05, 4.69) is 25.7 Å². The van der Waals surface area contributed by atoms with Gasteiger partial charge in [0.05, 0.1) is 0 Å². The molecule has 0 aromatic carbocycles. The van der Waals surface area contributed by atoms with Gasteiger partial charge < -0.3 is 5.73 Å². The standard InChI is InChI=1S/C15H30N2/c1-4-17(12-8-5-6-9-12)13-10-7-11-15(2,3)14(13)16/h12-14H,4-11,16H2,1-3H3. The van der Waals surface area contributed by atoms with Crippen molar-refractivity contribution >= 4 is 0 Å². The average Bonchev–Trinajstić information content (AvgIpc) is 2.79. The number of hydrogen-bond acceptors (Lipinski definition) is 2. The highest BCUT2D eigenvalue weighted by Crippen LogP contribution is 2.38. The highest BCUT2D eigenvalue weighted by molar-refractivity contribution is 4.98. The molecule has 2 rings (SSSR count). The van der Waals surface area contributed by atoms with E-state index in [1.165, 1.54) is 51.5 Å². The van der Waals surface area contributed by atoms with Gasteiger partial charge in [-0.3, -0.25) is 4.90 Å². The Morgan fingerprint density at radius 2 is 1.76 bits per heavy atom. The van der Waals surface area contributed by atoms with E-state index in [9.17, 15) is 0 Å². The van der Waals surface area contributed by atoms with E-state index in [0.29, 0.717) is 17.5 Å². The van der Waals surface area contributed by atoms with Crippen LogP contribution in [0.4, 0.5) is 0 Å². The molecule has 0 amide bonds. The molecular weight excluding hydrogens is 208 g/mol. The van der Waals surface area contributed by atoms with Crippen LogP contribution in [0.15, 0.2) is 0 Å². The summed E-state index contributed by atoms with van der Waals surface area (Å²) in [5.41, 5.74) is 6.89. The lowest BCUT2D eigenvalue weighted by atomic mass is 9.70. The summed E-state index contributed by atoms with van der Waals surface area (Å²) in [5.74, 6) is 0. The minimum atomic E-state index is 0.328. The van der Waals surface area contributed by atoms with Crippen LogP contribution < -0.4 is 5.73 Å². The number of likely N-dealkylation sites (N-methyl/N-ethyl adjacent to an activating group) is 1. The number of rotatable bonds is 3. The molecule has 100 valence electrons. The third kappa shape index (κ3) is 2.68. The Bertz CT molecular complexity index is 243. The normalized spacial score (nSPS) is 34.4. The summed E-state index contributed by atoms with van der Waals surface area (Å²) in [6, 6.07) is 1.81. The maximum absolute atomic E-state index is 6.56. The van der Waals surface area contributed by atoms with Crippen molar-refractivity contribution < 1.29 is 0 Å². The molecular formula is C15H30N2. The topological polar surface area (TPSA) is 29.3 Å². The molecule has 2 aliphatic carbocycles. The van der Waals surface area contributed by atoms with E-state index in [0.717, 1.165) is 6.04 Å². The first kappa shape index (κ1) is 13.4. The van der Waals surface area contributed by atoms with Gasteiger partial charge in [0.25, 0.3) is 0 Å². The van der Waals surface area contributed by atoms with Crippen molar-refractivity contribution in [2.75, 3.05) is 6.54 Å². The van der Waals surface area contributed by atoms with Crippen molar-refractivity contribution in [3.05, 3.63) is 0 Å². The molecule has 2 heteroatoms. The number of hydrogen-bond donors (Lipinski definition) is 1. The lowest BCUT2D eigenvalue weighted by Gasteiger charge is -2.48. The second-order valence-electron chi connectivity index (χ2n) is 6.74. The van der Waals surface area contributed by atoms with Crippen molar-refractivity contribution in [1.82, 2.24) is 4.90 Å². The number of nitrogens with zero attached hydrogens (tertiary/aromatic N) is 1. The predicted octanol–water partition coefficient (Wildman–Crippen LogP) is 3.16. The van der Waals surface area contributed by atoms with E-state index in [1.54, 1.807) is 0 Å². The highest BCUT2D eigenvalue weighted by Gasteiger charge is 2.40. The largest absolute Gasteiger partial charge is 0.326 e. The van der Waals surface area contributed by atoms with Crippen LogP contribution in [0, 0.1) is 5.41 Å². The minimum Gasteiger partial charge on any atom is -0.326 e. The van der Waals surface area contributed by atoms with Crippen molar-refractivity contribution in [2.24, 2.45) is 11.1 Å². The molecule has 2 unspecified atom stereocenters. The molecule has 2 fully saturated rings. The fourth-order valence-electron chi connectivity index (χ4n) is 4.01. The monoisotopic (exact) mass is 238 g/mol. The predicted molar refractivity (Wildman–Crippen MR) is 74.0 cm³/mol. The molecule has 0 bridgehead atoms. The maximum atomic E-state index is 6.56. The molecule has 2 N–H and O–H groups in total. The van der Waals surface area contributed by atoms with Crippen LogP contribution >= 0.6 is 0 Å². The van der Waals surface area contributed by atoms with Gasteiger partial charge in [-0.2, -0.15) is 0 Å². The molecule has 0 aliphatic heterocycles. The molecule has 2 nitrogen and oxygen atoms in total. The zero-order valence-corrected chi connectivity index (χ0v) is 11.9. The minimum absolute atomic E-state index is 0.328. The van der Waals surface area contributed by atoms with Crippen LogP contribution in [0.5, 0.6) is 0 Å². The lowest BCUT2D eigenvalue weighted by molar-refractivity contribution is 0.0440. The van der Waals surface area contributed by atoms with Gasteiger partial charge in [-0.05, 0) is 37.6 Å². The quantitative estimate of drug-likeness (QED) is 0.818. The second-order valence-corrected chi connectivity index (χ2v) is 6.74. The van der Waals surface area contributed by atoms with Crippen LogP contribution in [0.2, 0.25) is 0 Å². The van der Waals surface area contributed by atoms with Crippen LogP contribution in [-0.4, -0.2) is 29.6 Å². The van der Waals surface area contributed by atoms with E-state index in [-0.39, 0.29) is 0 Å².